The first kappa shape index (κ1) is 40.0. The van der Waals surface area contributed by atoms with Crippen LogP contribution in [0.25, 0.3) is 11.1 Å². The summed E-state index contributed by atoms with van der Waals surface area (Å²) >= 11 is 0. The van der Waals surface area contributed by atoms with Crippen LogP contribution in [0, 0.1) is 10.1 Å². The van der Waals surface area contributed by atoms with Crippen molar-refractivity contribution in [3.05, 3.63) is 88.0 Å². The molecule has 3 aromatic carbocycles. The molecule has 0 unspecified atom stereocenters. The molecule has 3 N–H and O–H groups in total. The highest BCUT2D eigenvalue weighted by Gasteiger charge is 2.26. The predicted octanol–water partition coefficient (Wildman–Crippen LogP) is 5.76. The van der Waals surface area contributed by atoms with E-state index in [1.165, 1.54) is 35.2 Å². The molecule has 0 bridgehead atoms. The van der Waals surface area contributed by atoms with Crippen molar-refractivity contribution in [3.63, 3.8) is 0 Å². The Morgan fingerprint density at radius 3 is 2.27 bits per heavy atom. The summed E-state index contributed by atoms with van der Waals surface area (Å²) in [7, 11) is -3.95. The van der Waals surface area contributed by atoms with Crippen molar-refractivity contribution in [3.8, 4) is 22.6 Å². The lowest BCUT2D eigenvalue weighted by Gasteiger charge is -2.29. The molecule has 14 nitrogen and oxygen atoms in total. The number of aliphatic hydroxyl groups excluding tert-OH is 2. The van der Waals surface area contributed by atoms with Gasteiger partial charge in [-0.1, -0.05) is 24.6 Å². The second-order valence-electron chi connectivity index (χ2n) is 13.6. The van der Waals surface area contributed by atoms with Crippen LogP contribution in [0.15, 0.2) is 66.7 Å². The van der Waals surface area contributed by atoms with E-state index >= 15 is 0 Å². The minimum atomic E-state index is -3.95. The molecule has 1 aliphatic rings. The number of hydrogen-bond acceptors (Lipinski definition) is 11. The fourth-order valence-electron chi connectivity index (χ4n) is 5.58. The Hall–Kier alpha value is -4.73. The number of nitro benzene ring substituents is 1. The molecule has 2 amide bonds. The zero-order chi connectivity index (χ0) is 37.9. The van der Waals surface area contributed by atoms with Crippen molar-refractivity contribution in [1.29, 1.82) is 0 Å². The predicted molar refractivity (Wildman–Crippen MR) is 194 cm³/mol. The van der Waals surface area contributed by atoms with Crippen LogP contribution in [-0.2, 0) is 14.8 Å². The molecule has 3 aromatic rings. The molecule has 52 heavy (non-hydrogen) atoms. The Kier molecular flexibility index (Phi) is 14.0. The summed E-state index contributed by atoms with van der Waals surface area (Å²) in [6, 6.07) is 17.5. The number of benzene rings is 3. The van der Waals surface area contributed by atoms with Crippen LogP contribution < -0.4 is 14.2 Å². The van der Waals surface area contributed by atoms with Gasteiger partial charge < -0.3 is 29.3 Å². The highest BCUT2D eigenvalue weighted by atomic mass is 32.2. The molecule has 0 aliphatic heterocycles. The topological polar surface area (TPSA) is 195 Å². The molecule has 0 spiro atoms. The molecule has 4 rings (SSSR count). The Morgan fingerprint density at radius 1 is 1.00 bits per heavy atom. The van der Waals surface area contributed by atoms with E-state index in [4.69, 9.17) is 19.3 Å². The average molecular weight is 742 g/mol. The third kappa shape index (κ3) is 12.2. The summed E-state index contributed by atoms with van der Waals surface area (Å²) in [5, 5.41) is 30.9. The summed E-state index contributed by atoms with van der Waals surface area (Å²) in [4.78, 5) is 37.9. The Morgan fingerprint density at radius 2 is 1.65 bits per heavy atom. The SMILES string of the molecule is CC(C)(C)OC(=O)N(CCOc1ccc(-c2ccc(C(=O)NS(=O)(=O)CCCO)c(OC3CCCCC3)c2)cc1)C[C@H](O)c1ccc([N+](=O)[O-])cc1. The fraction of sp³-hybridized carbons (Fsp3) is 0.459. The molecule has 0 radical (unpaired) electrons. The van der Waals surface area contributed by atoms with Crippen LogP contribution >= 0.6 is 0 Å². The maximum atomic E-state index is 13.1. The Labute approximate surface area is 303 Å². The molecule has 0 aromatic heterocycles. The smallest absolute Gasteiger partial charge is 0.410 e. The number of nitrogens with zero attached hydrogens (tertiary/aromatic N) is 2. The van der Waals surface area contributed by atoms with Gasteiger partial charge in [0.2, 0.25) is 10.0 Å². The van der Waals surface area contributed by atoms with Gasteiger partial charge in [-0.25, -0.2) is 17.9 Å². The van der Waals surface area contributed by atoms with Crippen molar-refractivity contribution in [1.82, 2.24) is 9.62 Å². The maximum Gasteiger partial charge on any atom is 0.410 e. The number of ether oxygens (including phenoxy) is 3. The maximum absolute atomic E-state index is 13.1. The van der Waals surface area contributed by atoms with Crippen LogP contribution in [0.2, 0.25) is 0 Å². The number of rotatable bonds is 16. The summed E-state index contributed by atoms with van der Waals surface area (Å²) in [5.41, 5.74) is 1.11. The van der Waals surface area contributed by atoms with Gasteiger partial charge in [-0.15, -0.1) is 0 Å². The summed E-state index contributed by atoms with van der Waals surface area (Å²) in [5.74, 6) is -0.409. The average Bonchev–Trinajstić information content (AvgIpc) is 3.10. The molecular weight excluding hydrogens is 694 g/mol. The Balaban J connectivity index is 1.45. The number of non-ortho nitro benzene ring substituents is 1. The molecule has 0 saturated heterocycles. The second-order valence-corrected chi connectivity index (χ2v) is 15.4. The summed E-state index contributed by atoms with van der Waals surface area (Å²) < 4.78 is 44.6. The standard InChI is InChI=1S/C37H47N3O11S/c1-37(2,3)51-36(44)39(25-33(42)27-10-15-29(16-11-27)40(45)46)20-22-49-30-17-12-26(13-18-30)28-14-19-32(35(43)38-52(47,48)23-7-21-41)34(24-28)50-31-8-5-4-6-9-31/h10-19,24,31,33,41-42H,4-9,20-23,25H2,1-3H3,(H,38,43)/t33-/m0/s1. The van der Waals surface area contributed by atoms with Gasteiger partial charge in [-0.05, 0) is 106 Å². The van der Waals surface area contributed by atoms with Crippen molar-refractivity contribution in [2.75, 3.05) is 32.1 Å². The van der Waals surface area contributed by atoms with Gasteiger partial charge in [0.15, 0.2) is 0 Å². The lowest BCUT2D eigenvalue weighted by Crippen LogP contribution is -2.41. The van der Waals surface area contributed by atoms with Gasteiger partial charge >= 0.3 is 6.09 Å². The van der Waals surface area contributed by atoms with E-state index in [0.29, 0.717) is 11.3 Å². The number of sulfonamides is 1. The number of carbonyl (C=O) groups is 2. The first-order valence-corrected chi connectivity index (χ1v) is 18.9. The van der Waals surface area contributed by atoms with E-state index in [2.05, 4.69) is 4.72 Å². The van der Waals surface area contributed by atoms with Gasteiger partial charge in [0, 0.05) is 18.7 Å². The fourth-order valence-corrected chi connectivity index (χ4v) is 6.59. The highest BCUT2D eigenvalue weighted by molar-refractivity contribution is 7.90. The molecule has 1 atom stereocenters. The first-order valence-electron chi connectivity index (χ1n) is 17.2. The zero-order valence-corrected chi connectivity index (χ0v) is 30.5. The quantitative estimate of drug-likeness (QED) is 0.119. The van der Waals surface area contributed by atoms with Crippen molar-refractivity contribution in [2.24, 2.45) is 0 Å². The number of aliphatic hydroxyl groups is 2. The molecular formula is C37H47N3O11S. The van der Waals surface area contributed by atoms with Gasteiger partial charge in [0.05, 0.1) is 41.5 Å². The number of carbonyl (C=O) groups excluding carboxylic acids is 2. The van der Waals surface area contributed by atoms with Crippen molar-refractivity contribution in [2.45, 2.75) is 77.1 Å². The molecule has 0 heterocycles. The molecule has 1 saturated carbocycles. The van der Waals surface area contributed by atoms with E-state index < -0.39 is 38.7 Å². The third-order valence-electron chi connectivity index (χ3n) is 8.24. The van der Waals surface area contributed by atoms with Crippen molar-refractivity contribution < 1.29 is 47.4 Å². The number of amides is 2. The third-order valence-corrected chi connectivity index (χ3v) is 9.57. The molecule has 1 fully saturated rings. The summed E-state index contributed by atoms with van der Waals surface area (Å²) in [6.07, 6.45) is 2.87. The largest absolute Gasteiger partial charge is 0.492 e. The van der Waals surface area contributed by atoms with Crippen LogP contribution in [0.5, 0.6) is 11.5 Å². The van der Waals surface area contributed by atoms with E-state index in [1.54, 1.807) is 45.0 Å². The normalized spacial score (nSPS) is 14.2. The van der Waals surface area contributed by atoms with E-state index in [9.17, 15) is 33.2 Å². The van der Waals surface area contributed by atoms with Gasteiger partial charge in [-0.3, -0.25) is 14.9 Å². The number of nitro groups is 1. The van der Waals surface area contributed by atoms with E-state index in [0.717, 1.165) is 43.2 Å². The first-order chi connectivity index (χ1) is 24.6. The van der Waals surface area contributed by atoms with Crippen LogP contribution in [-0.4, -0.2) is 84.2 Å². The lowest BCUT2D eigenvalue weighted by atomic mass is 9.97. The van der Waals surface area contributed by atoms with Crippen molar-refractivity contribution >= 4 is 27.7 Å². The summed E-state index contributed by atoms with van der Waals surface area (Å²) in [6.45, 7) is 4.87. The van der Waals surface area contributed by atoms with Crippen LogP contribution in [0.4, 0.5) is 10.5 Å². The Bertz CT molecular complexity index is 1770. The monoisotopic (exact) mass is 741 g/mol. The van der Waals surface area contributed by atoms with Gasteiger partial charge in [0.1, 0.15) is 23.7 Å². The lowest BCUT2D eigenvalue weighted by molar-refractivity contribution is -0.384. The van der Waals surface area contributed by atoms with Crippen LogP contribution in [0.1, 0.15) is 81.3 Å². The van der Waals surface area contributed by atoms with Gasteiger partial charge in [-0.2, -0.15) is 0 Å². The minimum absolute atomic E-state index is 0.00208. The van der Waals surface area contributed by atoms with Gasteiger partial charge in [0.25, 0.3) is 11.6 Å². The van der Waals surface area contributed by atoms with E-state index in [-0.39, 0.29) is 61.6 Å². The highest BCUT2D eigenvalue weighted by Crippen LogP contribution is 2.32. The number of hydrogen-bond donors (Lipinski definition) is 3. The molecule has 282 valence electrons. The van der Waals surface area contributed by atoms with E-state index in [1.807, 2.05) is 12.1 Å². The van der Waals surface area contributed by atoms with Crippen LogP contribution in [0.3, 0.4) is 0 Å². The minimum Gasteiger partial charge on any atom is -0.492 e. The molecule has 15 heteroatoms. The number of nitrogens with one attached hydrogen (secondary N) is 1. The second kappa shape index (κ2) is 18.2. The zero-order valence-electron chi connectivity index (χ0n) is 29.7. The molecule has 1 aliphatic carbocycles.